The van der Waals surface area contributed by atoms with Gasteiger partial charge in [-0.15, -0.1) is 0 Å². The Labute approximate surface area is 364 Å². The Hall–Kier alpha value is -5.97. The number of nitrogens with zero attached hydrogens (tertiary/aromatic N) is 1. The number of carbonyl (C=O) groups is 3. The van der Waals surface area contributed by atoms with Crippen LogP contribution in [0.5, 0.6) is 23.0 Å². The summed E-state index contributed by atoms with van der Waals surface area (Å²) in [5.74, 6) is -1.41. The Bertz CT molecular complexity index is 2740. The highest BCUT2D eigenvalue weighted by atomic mass is 16.5. The topological polar surface area (TPSA) is 206 Å². The number of ketones is 1. The van der Waals surface area contributed by atoms with Gasteiger partial charge in [0.1, 0.15) is 17.3 Å². The Balaban J connectivity index is 1.30. The van der Waals surface area contributed by atoms with Gasteiger partial charge in [-0.25, -0.2) is 0 Å². The highest BCUT2D eigenvalue weighted by molar-refractivity contribution is 6.40. The first kappa shape index (κ1) is 43.7. The van der Waals surface area contributed by atoms with Crippen LogP contribution in [0.3, 0.4) is 0 Å². The number of carbonyl (C=O) groups excluding carboxylic acids is 3. The van der Waals surface area contributed by atoms with E-state index in [1.807, 2.05) is 0 Å². The first-order valence-electron chi connectivity index (χ1n) is 21.8. The van der Waals surface area contributed by atoms with Crippen molar-refractivity contribution in [2.24, 2.45) is 5.92 Å². The highest BCUT2D eigenvalue weighted by Crippen LogP contribution is 2.56. The molecule has 0 spiro atoms. The van der Waals surface area contributed by atoms with Gasteiger partial charge in [-0.2, -0.15) is 0 Å². The normalized spacial score (nSPS) is 17.0. The lowest BCUT2D eigenvalue weighted by molar-refractivity contribution is -0.143. The molecule has 2 saturated heterocycles. The molecule has 0 radical (unpaired) electrons. The number of phenolic OH excluding ortho intramolecular Hbond substituents is 1. The lowest BCUT2D eigenvalue weighted by Gasteiger charge is -2.27. The fourth-order valence-corrected chi connectivity index (χ4v) is 10.0. The molecule has 1 aliphatic carbocycles. The van der Waals surface area contributed by atoms with Crippen molar-refractivity contribution in [3.63, 3.8) is 0 Å². The largest absolute Gasteiger partial charge is 0.505 e. The predicted molar refractivity (Wildman–Crippen MR) is 245 cm³/mol. The molecule has 16 heteroatoms. The summed E-state index contributed by atoms with van der Waals surface area (Å²) >= 11 is 0. The number of hydrogen-bond acceptors (Lipinski definition) is 15. The average Bonchev–Trinajstić information content (AvgIpc) is 3.40. The third-order valence-electron chi connectivity index (χ3n) is 13.0. The molecular weight excluding hydrogens is 809 g/mol. The monoisotopic (exact) mass is 864 g/mol. The second-order valence-corrected chi connectivity index (χ2v) is 16.7. The van der Waals surface area contributed by atoms with Gasteiger partial charge in [0.2, 0.25) is 11.3 Å². The molecule has 1 amide bonds. The Morgan fingerprint density at radius 3 is 2.19 bits per heavy atom. The SMILES string of the molecule is COc1c2c3c4c(c(NCC(=O)NCCN5CCNCC5)c(O)c5c(=O)cc(OC)c(c6c(OC)cc(NCCC(=O)OCCC7CCNCC7)c(c1=O)c63)c54)C=C(C)C2C(C)=O. The van der Waals surface area contributed by atoms with Crippen LogP contribution in [-0.2, 0) is 19.1 Å². The molecule has 2 fully saturated rings. The number of fused-ring (bicyclic) bond motifs is 1. The number of Topliss-reactive ketones (excluding diaryl/α,β-unsaturated/α-hetero) is 1. The number of piperidine rings is 1. The number of piperazine rings is 1. The van der Waals surface area contributed by atoms with Crippen molar-refractivity contribution in [1.82, 2.24) is 20.9 Å². The zero-order chi connectivity index (χ0) is 44.5. The Morgan fingerprint density at radius 2 is 1.51 bits per heavy atom. The molecule has 63 heavy (non-hydrogen) atoms. The fraction of sp³-hybridized carbons (Fsp3) is 0.468. The van der Waals surface area contributed by atoms with Gasteiger partial charge in [-0.1, -0.05) is 11.6 Å². The third kappa shape index (κ3) is 8.00. The molecule has 16 nitrogen and oxygen atoms in total. The second kappa shape index (κ2) is 18.4. The summed E-state index contributed by atoms with van der Waals surface area (Å²) in [5.41, 5.74) is 0.660. The molecule has 0 aromatic heterocycles. The molecule has 2 heterocycles. The Morgan fingerprint density at radius 1 is 0.825 bits per heavy atom. The van der Waals surface area contributed by atoms with Gasteiger partial charge in [0, 0.05) is 102 Å². The molecule has 6 N–H and O–H groups in total. The summed E-state index contributed by atoms with van der Waals surface area (Å²) in [6.07, 6.45) is 4.69. The minimum absolute atomic E-state index is 0.0214. The van der Waals surface area contributed by atoms with Gasteiger partial charge in [-0.3, -0.25) is 28.9 Å². The number of aromatic hydroxyl groups is 1. The summed E-state index contributed by atoms with van der Waals surface area (Å²) in [6, 6.07) is 2.95. The summed E-state index contributed by atoms with van der Waals surface area (Å²) in [7, 11) is 4.29. The number of allylic oxidation sites excluding steroid dienone is 1. The van der Waals surface area contributed by atoms with Crippen LogP contribution in [-0.4, -0.2) is 121 Å². The number of phenols is 1. The smallest absolute Gasteiger partial charge is 0.307 e. The zero-order valence-corrected chi connectivity index (χ0v) is 36.6. The van der Waals surface area contributed by atoms with Crippen LogP contribution in [0.25, 0.3) is 49.2 Å². The van der Waals surface area contributed by atoms with Crippen LogP contribution in [0.15, 0.2) is 27.3 Å². The van der Waals surface area contributed by atoms with Gasteiger partial charge < -0.3 is 50.6 Å². The number of benzene rings is 5. The Kier molecular flexibility index (Phi) is 12.8. The van der Waals surface area contributed by atoms with Crippen molar-refractivity contribution in [2.45, 2.75) is 45.4 Å². The molecule has 0 saturated carbocycles. The number of hydrogen-bond donors (Lipinski definition) is 6. The fourth-order valence-electron chi connectivity index (χ4n) is 10.0. The van der Waals surface area contributed by atoms with Gasteiger partial charge in [0.25, 0.3) is 0 Å². The van der Waals surface area contributed by atoms with Gasteiger partial charge in [0.15, 0.2) is 16.9 Å². The van der Waals surface area contributed by atoms with E-state index in [0.29, 0.717) is 86.1 Å². The summed E-state index contributed by atoms with van der Waals surface area (Å²) in [4.78, 5) is 71.7. The molecular formula is C47H56N6O10. The lowest BCUT2D eigenvalue weighted by Crippen LogP contribution is -2.46. The molecule has 1 atom stereocenters. The molecule has 0 bridgehead atoms. The quantitative estimate of drug-likeness (QED) is 0.0340. The molecule has 2 aliphatic heterocycles. The van der Waals surface area contributed by atoms with Crippen molar-refractivity contribution in [3.05, 3.63) is 49.3 Å². The van der Waals surface area contributed by atoms with Gasteiger partial charge >= 0.3 is 5.97 Å². The van der Waals surface area contributed by atoms with Crippen molar-refractivity contribution in [3.8, 4) is 23.0 Å². The van der Waals surface area contributed by atoms with Crippen molar-refractivity contribution in [1.29, 1.82) is 0 Å². The van der Waals surface area contributed by atoms with Crippen molar-refractivity contribution < 1.29 is 38.4 Å². The van der Waals surface area contributed by atoms with E-state index in [4.69, 9.17) is 18.9 Å². The van der Waals surface area contributed by atoms with Crippen LogP contribution < -0.4 is 51.7 Å². The average molecular weight is 865 g/mol. The van der Waals surface area contributed by atoms with E-state index in [1.54, 1.807) is 19.1 Å². The van der Waals surface area contributed by atoms with Crippen LogP contribution in [0.2, 0.25) is 0 Å². The van der Waals surface area contributed by atoms with Crippen molar-refractivity contribution in [2.75, 3.05) is 104 Å². The maximum Gasteiger partial charge on any atom is 0.307 e. The summed E-state index contributed by atoms with van der Waals surface area (Å²) < 4.78 is 23.6. The van der Waals surface area contributed by atoms with E-state index in [2.05, 4.69) is 31.5 Å². The number of methoxy groups -OCH3 is 3. The number of rotatable bonds is 17. The maximum absolute atomic E-state index is 15.0. The number of ether oxygens (including phenoxy) is 4. The van der Waals surface area contributed by atoms with E-state index < -0.39 is 16.8 Å². The first-order chi connectivity index (χ1) is 30.5. The van der Waals surface area contributed by atoms with E-state index in [1.165, 1.54) is 34.3 Å². The van der Waals surface area contributed by atoms with Crippen LogP contribution >= 0.6 is 0 Å². The number of anilines is 2. The third-order valence-corrected chi connectivity index (χ3v) is 13.0. The molecule has 5 aromatic rings. The minimum atomic E-state index is -0.980. The molecule has 1 unspecified atom stereocenters. The first-order valence-corrected chi connectivity index (χ1v) is 21.8. The van der Waals surface area contributed by atoms with Gasteiger partial charge in [-0.05, 0) is 57.5 Å². The maximum atomic E-state index is 15.0. The number of nitrogens with one attached hydrogen (secondary N) is 5. The summed E-state index contributed by atoms with van der Waals surface area (Å²) in [5, 5.41) is 30.9. The van der Waals surface area contributed by atoms with E-state index in [0.717, 1.165) is 58.5 Å². The number of esters is 1. The molecule has 5 aromatic carbocycles. The van der Waals surface area contributed by atoms with Crippen molar-refractivity contribution >= 4 is 78.2 Å². The van der Waals surface area contributed by atoms with Crippen LogP contribution in [0.4, 0.5) is 11.4 Å². The standard InChI is InChI=1S/C47H56N6O10/c1-24-20-27-35-40-37(45(58)44(27)52-23-32(56)51-15-18-53-16-13-49-14-17-53)29(55)22-31(61-4)39(40)38-30(60-3)21-28(50-12-8-33(57)63-19-9-26-6-10-48-11-7-26)36-42(38)41(35)43(34(24)25(2)54)47(62-5)46(36)59/h20-22,26,34,48-50,52,58H,6-19,23H2,1-5H3,(H,51,56). The number of amides is 1. The lowest BCUT2D eigenvalue weighted by atomic mass is 9.80. The zero-order valence-electron chi connectivity index (χ0n) is 36.6. The molecule has 8 rings (SSSR count). The summed E-state index contributed by atoms with van der Waals surface area (Å²) in [6.45, 7) is 10.00. The highest BCUT2D eigenvalue weighted by Gasteiger charge is 2.37. The predicted octanol–water partition coefficient (Wildman–Crippen LogP) is 3.88. The van der Waals surface area contributed by atoms with Crippen LogP contribution in [0.1, 0.15) is 56.6 Å². The van der Waals surface area contributed by atoms with Crippen LogP contribution in [0, 0.1) is 5.92 Å². The van der Waals surface area contributed by atoms with Gasteiger partial charge in [0.05, 0.1) is 63.3 Å². The minimum Gasteiger partial charge on any atom is -0.505 e. The van der Waals surface area contributed by atoms with E-state index >= 15 is 4.79 Å². The molecule has 3 aliphatic rings. The van der Waals surface area contributed by atoms with E-state index in [-0.39, 0.29) is 70.9 Å². The molecule has 334 valence electrons. The van der Waals surface area contributed by atoms with E-state index in [9.17, 15) is 24.3 Å². The second-order valence-electron chi connectivity index (χ2n) is 16.7.